The normalized spacial score (nSPS) is 13.3. The highest BCUT2D eigenvalue weighted by molar-refractivity contribution is 5.70. The van der Waals surface area contributed by atoms with Gasteiger partial charge in [-0.15, -0.1) is 0 Å². The van der Waals surface area contributed by atoms with Gasteiger partial charge in [0.25, 0.3) is 0 Å². The van der Waals surface area contributed by atoms with Crippen LogP contribution < -0.4 is 11.1 Å². The van der Waals surface area contributed by atoms with Gasteiger partial charge in [-0.2, -0.15) is 0 Å². The number of alkyl carbamates (subject to hydrolysis) is 1. The fraction of sp³-hybridized carbons (Fsp3) is 0.667. The molecule has 0 aliphatic heterocycles. The van der Waals surface area contributed by atoms with Crippen LogP contribution in [0.25, 0.3) is 0 Å². The molecule has 23 heavy (non-hydrogen) atoms. The van der Waals surface area contributed by atoms with E-state index < -0.39 is 29.4 Å². The second-order valence-corrected chi connectivity index (χ2v) is 7.18. The number of rotatable bonds is 3. The van der Waals surface area contributed by atoms with Crippen molar-refractivity contribution < 1.29 is 19.1 Å². The molecule has 1 unspecified atom stereocenters. The van der Waals surface area contributed by atoms with Crippen LogP contribution in [0.3, 0.4) is 0 Å². The Bertz CT molecular complexity index is 555. The molecule has 1 rings (SSSR count). The maximum absolute atomic E-state index is 11.9. The number of amides is 1. The van der Waals surface area contributed by atoms with E-state index >= 15 is 0 Å². The Morgan fingerprint density at radius 2 is 1.78 bits per heavy atom. The fourth-order valence-corrected chi connectivity index (χ4v) is 1.56. The Morgan fingerprint density at radius 1 is 1.22 bits per heavy atom. The lowest BCUT2D eigenvalue weighted by Crippen LogP contribution is -2.36. The van der Waals surface area contributed by atoms with Crippen molar-refractivity contribution in [3.8, 4) is 0 Å². The second kappa shape index (κ2) is 6.99. The number of ether oxygens (including phenoxy) is 2. The van der Waals surface area contributed by atoms with E-state index in [-0.39, 0.29) is 6.54 Å². The molecule has 130 valence electrons. The molecule has 0 aliphatic carbocycles. The van der Waals surface area contributed by atoms with Crippen molar-refractivity contribution in [3.63, 3.8) is 0 Å². The van der Waals surface area contributed by atoms with Crippen LogP contribution in [-0.4, -0.2) is 39.5 Å². The van der Waals surface area contributed by atoms with Gasteiger partial charge in [0, 0.05) is 12.7 Å². The Balaban J connectivity index is 2.57. The number of hydrogen-bond donors (Lipinski definition) is 2. The lowest BCUT2D eigenvalue weighted by molar-refractivity contribution is 0.0516. The van der Waals surface area contributed by atoms with Crippen LogP contribution in [0.2, 0.25) is 0 Å². The zero-order chi connectivity index (χ0) is 17.8. The topological polar surface area (TPSA) is 108 Å². The molecule has 1 heterocycles. The van der Waals surface area contributed by atoms with Crippen LogP contribution in [0.5, 0.6) is 0 Å². The number of nitrogens with one attached hydrogen (secondary N) is 1. The summed E-state index contributed by atoms with van der Waals surface area (Å²) in [6.45, 7) is 10.8. The monoisotopic (exact) mass is 326 g/mol. The third-order valence-corrected chi connectivity index (χ3v) is 2.45. The highest BCUT2D eigenvalue weighted by Crippen LogP contribution is 2.12. The summed E-state index contributed by atoms with van der Waals surface area (Å²) >= 11 is 0. The van der Waals surface area contributed by atoms with Crippen LogP contribution in [0.4, 0.5) is 9.59 Å². The first-order chi connectivity index (χ1) is 10.4. The van der Waals surface area contributed by atoms with Crippen LogP contribution in [0, 0.1) is 0 Å². The Kier molecular flexibility index (Phi) is 5.76. The van der Waals surface area contributed by atoms with Gasteiger partial charge >= 0.3 is 12.2 Å². The number of carbonyl (C=O) groups is 2. The van der Waals surface area contributed by atoms with E-state index in [0.29, 0.717) is 5.69 Å². The summed E-state index contributed by atoms with van der Waals surface area (Å²) in [5.41, 5.74) is 5.24. The molecule has 0 spiro atoms. The standard InChI is InChI=1S/C15H26N4O4/c1-14(2,3)22-12(20)17-7-10(16)11-8-19(9-18-11)13(21)23-15(4,5)6/h8-10H,7,16H2,1-6H3,(H,17,20). The first-order valence-electron chi connectivity index (χ1n) is 7.37. The summed E-state index contributed by atoms with van der Waals surface area (Å²) in [6, 6.07) is -0.564. The van der Waals surface area contributed by atoms with E-state index in [0.717, 1.165) is 0 Å². The molecule has 1 amide bonds. The van der Waals surface area contributed by atoms with Crippen LogP contribution >= 0.6 is 0 Å². The molecule has 1 aromatic rings. The summed E-state index contributed by atoms with van der Waals surface area (Å²) in [4.78, 5) is 27.5. The average Bonchev–Trinajstić information content (AvgIpc) is 2.81. The van der Waals surface area contributed by atoms with Gasteiger partial charge in [-0.1, -0.05) is 0 Å². The van der Waals surface area contributed by atoms with Crippen molar-refractivity contribution >= 4 is 12.2 Å². The van der Waals surface area contributed by atoms with Crippen LogP contribution in [0.15, 0.2) is 12.5 Å². The van der Waals surface area contributed by atoms with Crippen molar-refractivity contribution in [2.75, 3.05) is 6.54 Å². The molecule has 0 bridgehead atoms. The molecule has 8 nitrogen and oxygen atoms in total. The molecule has 0 saturated carbocycles. The van der Waals surface area contributed by atoms with Crippen molar-refractivity contribution in [1.82, 2.24) is 14.9 Å². The second-order valence-electron chi connectivity index (χ2n) is 7.18. The zero-order valence-electron chi connectivity index (χ0n) is 14.5. The summed E-state index contributed by atoms with van der Waals surface area (Å²) in [7, 11) is 0. The fourth-order valence-electron chi connectivity index (χ4n) is 1.56. The zero-order valence-corrected chi connectivity index (χ0v) is 14.5. The highest BCUT2D eigenvalue weighted by atomic mass is 16.6. The van der Waals surface area contributed by atoms with E-state index in [9.17, 15) is 9.59 Å². The minimum atomic E-state index is -0.595. The SMILES string of the molecule is CC(C)(C)OC(=O)NCC(N)c1cn(C(=O)OC(C)(C)C)cn1. The Morgan fingerprint density at radius 3 is 2.30 bits per heavy atom. The molecular weight excluding hydrogens is 300 g/mol. The van der Waals surface area contributed by atoms with E-state index in [1.807, 2.05) is 0 Å². The van der Waals surface area contributed by atoms with Crippen molar-refractivity contribution in [2.45, 2.75) is 58.8 Å². The Hall–Kier alpha value is -2.09. The van der Waals surface area contributed by atoms with E-state index in [1.54, 1.807) is 41.5 Å². The van der Waals surface area contributed by atoms with Gasteiger partial charge in [-0.05, 0) is 41.5 Å². The minimum Gasteiger partial charge on any atom is -0.444 e. The maximum Gasteiger partial charge on any atom is 0.419 e. The van der Waals surface area contributed by atoms with Crippen molar-refractivity contribution in [2.24, 2.45) is 5.73 Å². The molecular formula is C15H26N4O4. The van der Waals surface area contributed by atoms with Gasteiger partial charge in [-0.25, -0.2) is 19.1 Å². The smallest absolute Gasteiger partial charge is 0.419 e. The lowest BCUT2D eigenvalue weighted by Gasteiger charge is -2.20. The molecule has 0 fully saturated rings. The predicted octanol–water partition coefficient (Wildman–Crippen LogP) is 2.19. The summed E-state index contributed by atoms with van der Waals surface area (Å²) in [5, 5.41) is 2.56. The van der Waals surface area contributed by atoms with Gasteiger partial charge < -0.3 is 20.5 Å². The van der Waals surface area contributed by atoms with E-state index in [4.69, 9.17) is 15.2 Å². The maximum atomic E-state index is 11.9. The summed E-state index contributed by atoms with van der Waals surface area (Å²) in [5.74, 6) is 0. The molecule has 0 saturated heterocycles. The molecule has 1 atom stereocenters. The van der Waals surface area contributed by atoms with Gasteiger partial charge in [0.15, 0.2) is 0 Å². The molecule has 0 radical (unpaired) electrons. The molecule has 8 heteroatoms. The van der Waals surface area contributed by atoms with Gasteiger partial charge in [0.05, 0.1) is 11.7 Å². The van der Waals surface area contributed by atoms with Crippen LogP contribution in [-0.2, 0) is 9.47 Å². The lowest BCUT2D eigenvalue weighted by atomic mass is 10.2. The molecule has 1 aromatic heterocycles. The Labute approximate surface area is 136 Å². The number of imidazole rings is 1. The quantitative estimate of drug-likeness (QED) is 0.881. The van der Waals surface area contributed by atoms with Crippen LogP contribution in [0.1, 0.15) is 53.3 Å². The highest BCUT2D eigenvalue weighted by Gasteiger charge is 2.20. The first-order valence-corrected chi connectivity index (χ1v) is 7.37. The van der Waals surface area contributed by atoms with Gasteiger partial charge in [0.1, 0.15) is 17.5 Å². The largest absolute Gasteiger partial charge is 0.444 e. The molecule has 0 aromatic carbocycles. The molecule has 3 N–H and O–H groups in total. The number of nitrogens with zero attached hydrogens (tertiary/aromatic N) is 2. The minimum absolute atomic E-state index is 0.139. The number of aromatic nitrogens is 2. The van der Waals surface area contributed by atoms with E-state index in [1.165, 1.54) is 17.1 Å². The predicted molar refractivity (Wildman–Crippen MR) is 85.0 cm³/mol. The van der Waals surface area contributed by atoms with Gasteiger partial charge in [-0.3, -0.25) is 0 Å². The third-order valence-electron chi connectivity index (χ3n) is 2.45. The third kappa shape index (κ3) is 7.14. The first kappa shape index (κ1) is 19.0. The number of carbonyl (C=O) groups excluding carboxylic acids is 2. The average molecular weight is 326 g/mol. The van der Waals surface area contributed by atoms with Gasteiger partial charge in [0.2, 0.25) is 0 Å². The van der Waals surface area contributed by atoms with E-state index in [2.05, 4.69) is 10.3 Å². The number of nitrogens with two attached hydrogens (primary N) is 1. The van der Waals surface area contributed by atoms with Crippen molar-refractivity contribution in [3.05, 3.63) is 18.2 Å². The molecule has 0 aliphatic rings. The summed E-state index contributed by atoms with van der Waals surface area (Å²) in [6.07, 6.45) is 1.72. The van der Waals surface area contributed by atoms with Crippen molar-refractivity contribution in [1.29, 1.82) is 0 Å². The summed E-state index contributed by atoms with van der Waals surface area (Å²) < 4.78 is 11.6. The number of hydrogen-bond acceptors (Lipinski definition) is 6.